The van der Waals surface area contributed by atoms with E-state index in [2.05, 4.69) is 10.1 Å². The van der Waals surface area contributed by atoms with Gasteiger partial charge in [0.05, 0.1) is 12.7 Å². The van der Waals surface area contributed by atoms with Crippen LogP contribution in [0.15, 0.2) is 29.8 Å². The van der Waals surface area contributed by atoms with Crippen molar-refractivity contribution in [1.82, 2.24) is 9.38 Å². The Hall–Kier alpha value is -2.61. The van der Waals surface area contributed by atoms with E-state index in [1.165, 1.54) is 12.1 Å². The van der Waals surface area contributed by atoms with Gasteiger partial charge in [0.1, 0.15) is 11.5 Å². The summed E-state index contributed by atoms with van der Waals surface area (Å²) < 4.78 is 6.47. The number of nitrogens with zero attached hydrogens (tertiary/aromatic N) is 4. The van der Waals surface area contributed by atoms with Gasteiger partial charge in [-0.05, 0) is 18.9 Å². The number of nitrogens with two attached hydrogens (primary N) is 2. The number of amidine groups is 1. The Bertz CT molecular complexity index is 719. The van der Waals surface area contributed by atoms with E-state index < -0.39 is 5.97 Å². The molecule has 1 fully saturated rings. The number of methoxy groups -OCH3 is 1. The van der Waals surface area contributed by atoms with Gasteiger partial charge in [-0.3, -0.25) is 5.01 Å². The maximum absolute atomic E-state index is 11.8. The van der Waals surface area contributed by atoms with Gasteiger partial charge in [0.15, 0.2) is 5.65 Å². The molecule has 0 spiro atoms. The lowest BCUT2D eigenvalue weighted by Crippen LogP contribution is -2.40. The summed E-state index contributed by atoms with van der Waals surface area (Å²) in [6.45, 7) is 0. The number of carbonyl (C=O) groups is 1. The van der Waals surface area contributed by atoms with Gasteiger partial charge in [-0.2, -0.15) is 5.10 Å². The van der Waals surface area contributed by atoms with E-state index in [-0.39, 0.29) is 5.92 Å². The highest BCUT2D eigenvalue weighted by molar-refractivity contribution is 6.03. The molecular formula is C13H16N6O2. The van der Waals surface area contributed by atoms with E-state index in [4.69, 9.17) is 16.4 Å². The Labute approximate surface area is 121 Å². The molecule has 21 heavy (non-hydrogen) atoms. The molecule has 2 aromatic rings. The number of rotatable bonds is 3. The molecule has 3 rings (SSSR count). The zero-order valence-corrected chi connectivity index (χ0v) is 11.6. The molecule has 8 nitrogen and oxygen atoms in total. The summed E-state index contributed by atoms with van der Waals surface area (Å²) in [6, 6.07) is 1.63. The molecule has 0 aliphatic heterocycles. The van der Waals surface area contributed by atoms with Gasteiger partial charge in [0, 0.05) is 24.5 Å². The van der Waals surface area contributed by atoms with Crippen LogP contribution in [0.3, 0.4) is 0 Å². The zero-order valence-electron chi connectivity index (χ0n) is 11.6. The molecule has 8 heteroatoms. The molecule has 2 aromatic heterocycles. The van der Waals surface area contributed by atoms with Gasteiger partial charge in [-0.15, -0.1) is 0 Å². The molecule has 0 aromatic carbocycles. The summed E-state index contributed by atoms with van der Waals surface area (Å²) in [5, 5.41) is 5.17. The normalized spacial score (nSPS) is 15.2. The standard InChI is InChI=1S/C13H16N6O2/c1-21-13(20)9-6-10(12-16-4-5-18(12)7-9)19(15)11(17-14)8-2-3-8/h4-8H,2-3,14-15H2,1H3/b17-11-. The number of carbonyl (C=O) groups excluding carboxylic acids is 1. The molecule has 0 unspecified atom stereocenters. The van der Waals surface area contributed by atoms with Crippen molar-refractivity contribution in [3.05, 3.63) is 30.2 Å². The van der Waals surface area contributed by atoms with Crippen molar-refractivity contribution in [3.63, 3.8) is 0 Å². The molecule has 0 radical (unpaired) electrons. The number of fused-ring (bicyclic) bond motifs is 1. The second kappa shape index (κ2) is 5.06. The quantitative estimate of drug-likeness (QED) is 0.279. The Balaban J connectivity index is 2.11. The molecule has 1 saturated carbocycles. The summed E-state index contributed by atoms with van der Waals surface area (Å²) in [5.41, 5.74) is 1.55. The molecule has 2 heterocycles. The predicted molar refractivity (Wildman–Crippen MR) is 77.5 cm³/mol. The molecule has 1 aliphatic rings. The second-order valence-corrected chi connectivity index (χ2v) is 4.90. The van der Waals surface area contributed by atoms with E-state index in [1.54, 1.807) is 29.1 Å². The van der Waals surface area contributed by atoms with Gasteiger partial charge >= 0.3 is 5.97 Å². The van der Waals surface area contributed by atoms with Crippen LogP contribution >= 0.6 is 0 Å². The van der Waals surface area contributed by atoms with Crippen LogP contribution in [-0.2, 0) is 4.74 Å². The van der Waals surface area contributed by atoms with Gasteiger partial charge in [-0.25, -0.2) is 15.6 Å². The number of hydrogen-bond acceptors (Lipinski definition) is 6. The van der Waals surface area contributed by atoms with Crippen molar-refractivity contribution >= 4 is 23.1 Å². The third-order valence-electron chi connectivity index (χ3n) is 3.47. The molecule has 0 amide bonds. The highest BCUT2D eigenvalue weighted by Gasteiger charge is 2.32. The van der Waals surface area contributed by atoms with Crippen molar-refractivity contribution in [3.8, 4) is 0 Å². The van der Waals surface area contributed by atoms with Gasteiger partial charge in [-0.1, -0.05) is 0 Å². The number of ether oxygens (including phenoxy) is 1. The van der Waals surface area contributed by atoms with E-state index in [0.29, 0.717) is 22.7 Å². The highest BCUT2D eigenvalue weighted by Crippen LogP contribution is 2.33. The number of aromatic nitrogens is 2. The number of anilines is 1. The van der Waals surface area contributed by atoms with Crippen LogP contribution in [0.4, 0.5) is 5.69 Å². The summed E-state index contributed by atoms with van der Waals surface area (Å²) >= 11 is 0. The first-order valence-corrected chi connectivity index (χ1v) is 6.53. The molecule has 0 atom stereocenters. The summed E-state index contributed by atoms with van der Waals surface area (Å²) in [7, 11) is 1.33. The Morgan fingerprint density at radius 1 is 1.57 bits per heavy atom. The molecular weight excluding hydrogens is 272 g/mol. The predicted octanol–water partition coefficient (Wildman–Crippen LogP) is 0.483. The summed E-state index contributed by atoms with van der Waals surface area (Å²) in [6.07, 6.45) is 7.01. The maximum Gasteiger partial charge on any atom is 0.339 e. The van der Waals surface area contributed by atoms with E-state index in [9.17, 15) is 4.79 Å². The first-order valence-electron chi connectivity index (χ1n) is 6.53. The molecule has 4 N–H and O–H groups in total. The fourth-order valence-electron chi connectivity index (χ4n) is 2.25. The number of hydrazine groups is 1. The Kier molecular flexibility index (Phi) is 3.22. The number of hydrogen-bond donors (Lipinski definition) is 2. The smallest absolute Gasteiger partial charge is 0.339 e. The fourth-order valence-corrected chi connectivity index (χ4v) is 2.25. The van der Waals surface area contributed by atoms with E-state index in [0.717, 1.165) is 12.8 Å². The zero-order chi connectivity index (χ0) is 15.0. The average molecular weight is 288 g/mol. The average Bonchev–Trinajstić information content (AvgIpc) is 3.22. The van der Waals surface area contributed by atoms with Gasteiger partial charge < -0.3 is 15.0 Å². The number of esters is 1. The number of hydrazone groups is 1. The highest BCUT2D eigenvalue weighted by atomic mass is 16.5. The number of pyridine rings is 1. The van der Waals surface area contributed by atoms with E-state index >= 15 is 0 Å². The van der Waals surface area contributed by atoms with Crippen molar-refractivity contribution in [2.45, 2.75) is 12.8 Å². The van der Waals surface area contributed by atoms with Crippen LogP contribution < -0.4 is 16.7 Å². The Morgan fingerprint density at radius 2 is 2.33 bits per heavy atom. The van der Waals surface area contributed by atoms with Gasteiger partial charge in [0.2, 0.25) is 0 Å². The van der Waals surface area contributed by atoms with Crippen molar-refractivity contribution in [2.24, 2.45) is 22.7 Å². The second-order valence-electron chi connectivity index (χ2n) is 4.90. The minimum atomic E-state index is -0.446. The lowest BCUT2D eigenvalue weighted by Gasteiger charge is -2.21. The molecule has 1 aliphatic carbocycles. The third kappa shape index (κ3) is 2.29. The first kappa shape index (κ1) is 13.4. The topological polar surface area (TPSA) is 111 Å². The minimum absolute atomic E-state index is 0.261. The first-order chi connectivity index (χ1) is 10.2. The number of imidazole rings is 1. The maximum atomic E-state index is 11.8. The van der Waals surface area contributed by atoms with Crippen LogP contribution in [0.25, 0.3) is 5.65 Å². The summed E-state index contributed by atoms with van der Waals surface area (Å²) in [5.74, 6) is 12.0. The fraction of sp³-hybridized carbons (Fsp3) is 0.308. The van der Waals surface area contributed by atoms with E-state index in [1.807, 2.05) is 0 Å². The minimum Gasteiger partial charge on any atom is -0.465 e. The van der Waals surface area contributed by atoms with Crippen molar-refractivity contribution < 1.29 is 9.53 Å². The van der Waals surface area contributed by atoms with Crippen LogP contribution in [0.2, 0.25) is 0 Å². The Morgan fingerprint density at radius 3 is 2.95 bits per heavy atom. The van der Waals surface area contributed by atoms with Crippen molar-refractivity contribution in [1.29, 1.82) is 0 Å². The molecule has 0 saturated heterocycles. The largest absolute Gasteiger partial charge is 0.465 e. The SMILES string of the molecule is COC(=O)c1cc(N(N)/C(=N\N)C2CC2)c2nccn2c1. The van der Waals surface area contributed by atoms with Crippen LogP contribution in [0.5, 0.6) is 0 Å². The molecule has 0 bridgehead atoms. The lowest BCUT2D eigenvalue weighted by atomic mass is 10.2. The van der Waals surface area contributed by atoms with Crippen LogP contribution in [0, 0.1) is 5.92 Å². The van der Waals surface area contributed by atoms with Gasteiger partial charge in [0.25, 0.3) is 0 Å². The van der Waals surface area contributed by atoms with Crippen LogP contribution in [-0.4, -0.2) is 28.3 Å². The third-order valence-corrected chi connectivity index (χ3v) is 3.47. The van der Waals surface area contributed by atoms with Crippen molar-refractivity contribution in [2.75, 3.05) is 12.1 Å². The monoisotopic (exact) mass is 288 g/mol. The lowest BCUT2D eigenvalue weighted by molar-refractivity contribution is 0.0600. The molecule has 110 valence electrons. The summed E-state index contributed by atoms with van der Waals surface area (Å²) in [4.78, 5) is 16.0. The van der Waals surface area contributed by atoms with Crippen LogP contribution in [0.1, 0.15) is 23.2 Å².